The summed E-state index contributed by atoms with van der Waals surface area (Å²) in [5.41, 5.74) is 0.485. The number of nitrogens with one attached hydrogen (secondary N) is 2. The summed E-state index contributed by atoms with van der Waals surface area (Å²) in [6.45, 7) is 4.54. The fourth-order valence-electron chi connectivity index (χ4n) is 2.45. The Bertz CT molecular complexity index is 433. The Morgan fingerprint density at radius 2 is 2.56 bits per heavy atom. The predicted octanol–water partition coefficient (Wildman–Crippen LogP) is 0.606. The van der Waals surface area contributed by atoms with Crippen LogP contribution in [0.2, 0.25) is 0 Å². The second kappa shape index (κ2) is 4.61. The summed E-state index contributed by atoms with van der Waals surface area (Å²) in [4.78, 5) is 16.4. The highest BCUT2D eigenvalue weighted by Crippen LogP contribution is 2.16. The van der Waals surface area contributed by atoms with Crippen molar-refractivity contribution in [1.29, 1.82) is 0 Å². The summed E-state index contributed by atoms with van der Waals surface area (Å²) >= 11 is 0. The maximum absolute atomic E-state index is 12.1. The third-order valence-corrected chi connectivity index (χ3v) is 3.56. The van der Waals surface area contributed by atoms with Crippen molar-refractivity contribution in [2.75, 3.05) is 18.5 Å². The Hall–Kier alpha value is -1.56. The molecule has 1 fully saturated rings. The molecule has 0 saturated carbocycles. The minimum absolute atomic E-state index is 0.0873. The van der Waals surface area contributed by atoms with Gasteiger partial charge in [-0.05, 0) is 19.8 Å². The van der Waals surface area contributed by atoms with Crippen molar-refractivity contribution in [2.24, 2.45) is 0 Å². The number of hydrogen-bond donors (Lipinski definition) is 2. The smallest absolute Gasteiger partial charge is 0.271 e. The molecule has 0 spiro atoms. The van der Waals surface area contributed by atoms with Crippen LogP contribution in [-0.2, 0) is 11.3 Å². The number of ether oxygens (including phenoxy) is 1. The zero-order valence-corrected chi connectivity index (χ0v) is 10.5. The van der Waals surface area contributed by atoms with Crippen molar-refractivity contribution in [2.45, 2.75) is 38.5 Å². The molecule has 0 aromatic carbocycles. The highest BCUT2D eigenvalue weighted by molar-refractivity contribution is 5.92. The van der Waals surface area contributed by atoms with Crippen LogP contribution in [0, 0.1) is 0 Å². The first-order valence-electron chi connectivity index (χ1n) is 6.47. The highest BCUT2D eigenvalue weighted by Gasteiger charge is 2.27. The minimum atomic E-state index is -0.110. The molecular weight excluding hydrogens is 232 g/mol. The van der Waals surface area contributed by atoms with E-state index in [9.17, 15) is 4.79 Å². The van der Waals surface area contributed by atoms with Gasteiger partial charge >= 0.3 is 0 Å². The number of rotatable bonds is 2. The Morgan fingerprint density at radius 3 is 3.28 bits per heavy atom. The molecule has 2 N–H and O–H groups in total. The van der Waals surface area contributed by atoms with Gasteiger partial charge in [0.15, 0.2) is 0 Å². The van der Waals surface area contributed by atoms with E-state index in [1.807, 2.05) is 17.7 Å². The third kappa shape index (κ3) is 2.08. The summed E-state index contributed by atoms with van der Waals surface area (Å²) in [7, 11) is 0. The van der Waals surface area contributed by atoms with Gasteiger partial charge in [-0.3, -0.25) is 4.79 Å². The van der Waals surface area contributed by atoms with Crippen molar-refractivity contribution >= 4 is 11.9 Å². The number of carbonyl (C=O) groups excluding carboxylic acids is 1. The van der Waals surface area contributed by atoms with Crippen molar-refractivity contribution in [3.05, 3.63) is 11.9 Å². The van der Waals surface area contributed by atoms with Crippen LogP contribution in [0.4, 0.5) is 5.95 Å². The molecule has 6 nitrogen and oxygen atoms in total. The number of amides is 1. The molecule has 3 rings (SSSR count). The minimum Gasteiger partial charge on any atom is -0.376 e. The number of anilines is 1. The van der Waals surface area contributed by atoms with Gasteiger partial charge in [0.2, 0.25) is 5.95 Å². The van der Waals surface area contributed by atoms with E-state index in [0.29, 0.717) is 12.3 Å². The van der Waals surface area contributed by atoms with Gasteiger partial charge in [-0.15, -0.1) is 0 Å². The predicted molar refractivity (Wildman–Crippen MR) is 66.6 cm³/mol. The van der Waals surface area contributed by atoms with Crippen LogP contribution >= 0.6 is 0 Å². The molecule has 18 heavy (non-hydrogen) atoms. The van der Waals surface area contributed by atoms with Gasteiger partial charge in [-0.1, -0.05) is 0 Å². The molecule has 2 aliphatic rings. The van der Waals surface area contributed by atoms with Gasteiger partial charge in [-0.2, -0.15) is 0 Å². The lowest BCUT2D eigenvalue weighted by Gasteiger charge is -2.14. The van der Waals surface area contributed by atoms with Crippen molar-refractivity contribution in [1.82, 2.24) is 14.9 Å². The lowest BCUT2D eigenvalue weighted by atomic mass is 10.1. The van der Waals surface area contributed by atoms with Crippen LogP contribution in [0.15, 0.2) is 6.20 Å². The molecule has 98 valence electrons. The summed E-state index contributed by atoms with van der Waals surface area (Å²) in [6, 6.07) is 0.101. The van der Waals surface area contributed by atoms with Gasteiger partial charge < -0.3 is 19.9 Å². The van der Waals surface area contributed by atoms with Crippen LogP contribution in [0.1, 0.15) is 30.3 Å². The third-order valence-electron chi connectivity index (χ3n) is 3.56. The summed E-state index contributed by atoms with van der Waals surface area (Å²) in [6.07, 6.45) is 3.85. The molecule has 2 aliphatic heterocycles. The Kier molecular flexibility index (Phi) is 2.95. The largest absolute Gasteiger partial charge is 0.376 e. The van der Waals surface area contributed by atoms with E-state index in [2.05, 4.69) is 15.6 Å². The second-order valence-corrected chi connectivity index (χ2v) is 4.87. The average molecular weight is 250 g/mol. The van der Waals surface area contributed by atoms with Crippen molar-refractivity contribution in [3.8, 4) is 0 Å². The van der Waals surface area contributed by atoms with Gasteiger partial charge in [-0.25, -0.2) is 4.98 Å². The quantitative estimate of drug-likeness (QED) is 0.807. The maximum atomic E-state index is 12.1. The van der Waals surface area contributed by atoms with Crippen molar-refractivity contribution in [3.63, 3.8) is 0 Å². The molecule has 1 saturated heterocycles. The zero-order chi connectivity index (χ0) is 12.5. The Labute approximate surface area is 106 Å². The standard InChI is InChI=1S/C12H18N4O2/c1-8-9(3-6-18-8)14-11(17)10-7-16-5-2-4-13-12(16)15-10/h7-9H,2-6H2,1H3,(H,13,15)(H,14,17). The van der Waals surface area contributed by atoms with E-state index >= 15 is 0 Å². The molecule has 1 aromatic heterocycles. The zero-order valence-electron chi connectivity index (χ0n) is 10.5. The van der Waals surface area contributed by atoms with Crippen LogP contribution in [0.3, 0.4) is 0 Å². The first-order valence-corrected chi connectivity index (χ1v) is 6.47. The maximum Gasteiger partial charge on any atom is 0.271 e. The number of hydrogen-bond acceptors (Lipinski definition) is 4. The molecule has 0 bridgehead atoms. The van der Waals surface area contributed by atoms with Crippen LogP contribution in [-0.4, -0.2) is 40.8 Å². The van der Waals surface area contributed by atoms with E-state index in [1.54, 1.807) is 0 Å². The second-order valence-electron chi connectivity index (χ2n) is 4.87. The number of nitrogens with zero attached hydrogens (tertiary/aromatic N) is 2. The van der Waals surface area contributed by atoms with Crippen LogP contribution in [0.5, 0.6) is 0 Å². The number of aromatic nitrogens is 2. The molecule has 0 radical (unpaired) electrons. The van der Waals surface area contributed by atoms with Crippen LogP contribution in [0.25, 0.3) is 0 Å². The van der Waals surface area contributed by atoms with Gasteiger partial charge in [0.05, 0.1) is 12.1 Å². The van der Waals surface area contributed by atoms with E-state index in [-0.39, 0.29) is 18.1 Å². The number of fused-ring (bicyclic) bond motifs is 1. The van der Waals surface area contributed by atoms with Gasteiger partial charge in [0, 0.05) is 25.9 Å². The molecule has 2 unspecified atom stereocenters. The summed E-state index contributed by atoms with van der Waals surface area (Å²) < 4.78 is 7.42. The number of aryl methyl sites for hydroxylation is 1. The summed E-state index contributed by atoms with van der Waals surface area (Å²) in [5.74, 6) is 0.683. The molecule has 1 amide bonds. The lowest BCUT2D eigenvalue weighted by molar-refractivity contribution is 0.0862. The van der Waals surface area contributed by atoms with Crippen LogP contribution < -0.4 is 10.6 Å². The normalized spacial score (nSPS) is 26.5. The molecule has 2 atom stereocenters. The van der Waals surface area contributed by atoms with Gasteiger partial charge in [0.25, 0.3) is 5.91 Å². The average Bonchev–Trinajstić information content (AvgIpc) is 2.96. The van der Waals surface area contributed by atoms with E-state index in [0.717, 1.165) is 31.9 Å². The summed E-state index contributed by atoms with van der Waals surface area (Å²) in [5, 5.41) is 6.17. The molecule has 3 heterocycles. The lowest BCUT2D eigenvalue weighted by Crippen LogP contribution is -2.39. The molecular formula is C12H18N4O2. The fraction of sp³-hybridized carbons (Fsp3) is 0.667. The molecule has 0 aliphatic carbocycles. The Morgan fingerprint density at radius 1 is 1.67 bits per heavy atom. The van der Waals surface area contributed by atoms with E-state index in [1.165, 1.54) is 0 Å². The van der Waals surface area contributed by atoms with E-state index in [4.69, 9.17) is 4.74 Å². The SMILES string of the molecule is CC1OCCC1NC(=O)c1cn2c(n1)NCCC2. The highest BCUT2D eigenvalue weighted by atomic mass is 16.5. The molecule has 6 heteroatoms. The number of carbonyl (C=O) groups is 1. The fourth-order valence-corrected chi connectivity index (χ4v) is 2.45. The molecule has 1 aromatic rings. The Balaban J connectivity index is 1.70. The first-order chi connectivity index (χ1) is 8.74. The monoisotopic (exact) mass is 250 g/mol. The first kappa shape index (κ1) is 11.5. The van der Waals surface area contributed by atoms with E-state index < -0.39 is 0 Å². The topological polar surface area (TPSA) is 68.2 Å². The van der Waals surface area contributed by atoms with Gasteiger partial charge in [0.1, 0.15) is 5.69 Å². The number of imidazole rings is 1. The van der Waals surface area contributed by atoms with Crippen molar-refractivity contribution < 1.29 is 9.53 Å².